The van der Waals surface area contributed by atoms with Crippen LogP contribution in [-0.2, 0) is 10.4 Å². The maximum absolute atomic E-state index is 13.5. The molecular formula is C27H36N2O3. The highest BCUT2D eigenvalue weighted by atomic mass is 16.5. The van der Waals surface area contributed by atoms with Crippen LogP contribution in [0.5, 0.6) is 5.75 Å². The first-order valence-corrected chi connectivity index (χ1v) is 12.2. The molecule has 4 rings (SSSR count). The number of rotatable bonds is 10. The summed E-state index contributed by atoms with van der Waals surface area (Å²) in [6.07, 6.45) is 8.26. The molecular weight excluding hydrogens is 400 g/mol. The quantitative estimate of drug-likeness (QED) is 0.467. The van der Waals surface area contributed by atoms with Gasteiger partial charge in [-0.3, -0.25) is 4.79 Å². The van der Waals surface area contributed by atoms with Crippen LogP contribution in [0, 0.1) is 0 Å². The molecule has 0 aliphatic carbocycles. The molecule has 5 heteroatoms. The second kappa shape index (κ2) is 10.4. The lowest BCUT2D eigenvalue weighted by atomic mass is 9.93. The van der Waals surface area contributed by atoms with Gasteiger partial charge in [0.2, 0.25) is 0 Å². The standard InChI is InChI=1S/C27H36N2O3/c1-3-4-5-6-9-18-31-22-16-14-21(15-17-22)27(2)28-25-13-8-7-12-24(25)26(30)29(27)20-23-11-10-19-32-23/h7-8,12-17,23,28H,3-6,9-11,18-20H2,1-2H3. The molecule has 5 nitrogen and oxygen atoms in total. The van der Waals surface area contributed by atoms with E-state index in [2.05, 4.69) is 31.3 Å². The number of hydrogen-bond donors (Lipinski definition) is 1. The number of amides is 1. The Kier molecular flexibility index (Phi) is 7.36. The molecule has 2 aromatic rings. The van der Waals surface area contributed by atoms with Crippen molar-refractivity contribution >= 4 is 11.6 Å². The zero-order valence-corrected chi connectivity index (χ0v) is 19.4. The van der Waals surface area contributed by atoms with Gasteiger partial charge in [-0.25, -0.2) is 0 Å². The number of ether oxygens (including phenoxy) is 2. The topological polar surface area (TPSA) is 50.8 Å². The van der Waals surface area contributed by atoms with Crippen LogP contribution < -0.4 is 10.1 Å². The predicted octanol–water partition coefficient (Wildman–Crippen LogP) is 5.96. The van der Waals surface area contributed by atoms with Crippen LogP contribution in [0.2, 0.25) is 0 Å². The summed E-state index contributed by atoms with van der Waals surface area (Å²) in [5, 5.41) is 3.64. The van der Waals surface area contributed by atoms with Crippen molar-refractivity contribution in [2.24, 2.45) is 0 Å². The molecule has 2 atom stereocenters. The molecule has 0 radical (unpaired) electrons. The van der Waals surface area contributed by atoms with Gasteiger partial charge in [0, 0.05) is 18.8 Å². The Morgan fingerprint density at radius 3 is 2.62 bits per heavy atom. The van der Waals surface area contributed by atoms with Crippen LogP contribution in [0.15, 0.2) is 48.5 Å². The van der Waals surface area contributed by atoms with Gasteiger partial charge in [0.05, 0.1) is 18.3 Å². The first-order valence-electron chi connectivity index (χ1n) is 12.2. The summed E-state index contributed by atoms with van der Waals surface area (Å²) in [4.78, 5) is 15.5. The number of nitrogens with zero attached hydrogens (tertiary/aromatic N) is 1. The van der Waals surface area contributed by atoms with Gasteiger partial charge in [0.1, 0.15) is 11.4 Å². The van der Waals surface area contributed by atoms with Crippen molar-refractivity contribution in [3.8, 4) is 5.75 Å². The minimum Gasteiger partial charge on any atom is -0.494 e. The monoisotopic (exact) mass is 436 g/mol. The average Bonchev–Trinajstić information content (AvgIpc) is 3.33. The van der Waals surface area contributed by atoms with E-state index in [1.165, 1.54) is 25.7 Å². The van der Waals surface area contributed by atoms with E-state index >= 15 is 0 Å². The zero-order chi connectivity index (χ0) is 22.4. The maximum Gasteiger partial charge on any atom is 0.258 e. The second-order valence-corrected chi connectivity index (χ2v) is 9.08. The minimum atomic E-state index is -0.657. The molecule has 2 heterocycles. The molecule has 2 aliphatic rings. The summed E-state index contributed by atoms with van der Waals surface area (Å²) >= 11 is 0. The number of fused-ring (bicyclic) bond motifs is 1. The smallest absolute Gasteiger partial charge is 0.258 e. The van der Waals surface area contributed by atoms with Gasteiger partial charge in [0.25, 0.3) is 5.91 Å². The average molecular weight is 437 g/mol. The largest absolute Gasteiger partial charge is 0.494 e. The Balaban J connectivity index is 1.50. The number of nitrogens with one attached hydrogen (secondary N) is 1. The number of anilines is 1. The summed E-state index contributed by atoms with van der Waals surface area (Å²) in [7, 11) is 0. The number of hydrogen-bond acceptors (Lipinski definition) is 4. The maximum atomic E-state index is 13.5. The van der Waals surface area contributed by atoms with Crippen molar-refractivity contribution in [1.82, 2.24) is 4.90 Å². The fourth-order valence-electron chi connectivity index (χ4n) is 4.71. The van der Waals surface area contributed by atoms with Gasteiger partial charge >= 0.3 is 0 Å². The number of benzene rings is 2. The van der Waals surface area contributed by atoms with Crippen molar-refractivity contribution in [1.29, 1.82) is 0 Å². The molecule has 2 aliphatic heterocycles. The van der Waals surface area contributed by atoms with Crippen LogP contribution in [0.25, 0.3) is 0 Å². The summed E-state index contributed by atoms with van der Waals surface area (Å²) in [6.45, 7) is 6.41. The molecule has 0 aromatic heterocycles. The van der Waals surface area contributed by atoms with Crippen molar-refractivity contribution < 1.29 is 14.3 Å². The van der Waals surface area contributed by atoms with E-state index < -0.39 is 5.66 Å². The molecule has 0 bridgehead atoms. The molecule has 1 amide bonds. The van der Waals surface area contributed by atoms with Crippen molar-refractivity contribution in [2.75, 3.05) is 25.1 Å². The molecule has 0 saturated carbocycles. The van der Waals surface area contributed by atoms with Crippen LogP contribution >= 0.6 is 0 Å². The Morgan fingerprint density at radius 1 is 1.09 bits per heavy atom. The lowest BCUT2D eigenvalue weighted by Crippen LogP contribution is -2.57. The molecule has 1 N–H and O–H groups in total. The van der Waals surface area contributed by atoms with Gasteiger partial charge in [-0.15, -0.1) is 0 Å². The van der Waals surface area contributed by atoms with E-state index in [1.54, 1.807) is 0 Å². The molecule has 172 valence electrons. The number of carbonyl (C=O) groups excluding carboxylic acids is 1. The summed E-state index contributed by atoms with van der Waals surface area (Å²) < 4.78 is 11.8. The molecule has 2 aromatic carbocycles. The Labute approximate surface area is 192 Å². The van der Waals surface area contributed by atoms with E-state index in [4.69, 9.17) is 9.47 Å². The third-order valence-electron chi connectivity index (χ3n) is 6.66. The van der Waals surface area contributed by atoms with Crippen LogP contribution in [0.4, 0.5) is 5.69 Å². The van der Waals surface area contributed by atoms with Crippen LogP contribution in [-0.4, -0.2) is 36.7 Å². The summed E-state index contributed by atoms with van der Waals surface area (Å²) in [5.74, 6) is 0.922. The first kappa shape index (κ1) is 22.7. The minimum absolute atomic E-state index is 0.0461. The fourth-order valence-corrected chi connectivity index (χ4v) is 4.71. The molecule has 1 saturated heterocycles. The highest BCUT2D eigenvalue weighted by Crippen LogP contribution is 2.39. The SMILES string of the molecule is CCCCCCCOc1ccc(C2(C)Nc3ccccc3C(=O)N2CC2CCCO2)cc1. The lowest BCUT2D eigenvalue weighted by molar-refractivity contribution is 0.0242. The van der Waals surface area contributed by atoms with Crippen LogP contribution in [0.1, 0.15) is 74.7 Å². The van der Waals surface area contributed by atoms with Gasteiger partial charge in [-0.1, -0.05) is 56.9 Å². The third-order valence-corrected chi connectivity index (χ3v) is 6.66. The van der Waals surface area contributed by atoms with E-state index in [1.807, 2.05) is 41.3 Å². The van der Waals surface area contributed by atoms with Crippen molar-refractivity contribution in [3.05, 3.63) is 59.7 Å². The zero-order valence-electron chi connectivity index (χ0n) is 19.4. The van der Waals surface area contributed by atoms with Crippen molar-refractivity contribution in [2.45, 2.75) is 70.6 Å². The van der Waals surface area contributed by atoms with Crippen LogP contribution in [0.3, 0.4) is 0 Å². The Hall–Kier alpha value is -2.53. The van der Waals surface area contributed by atoms with Crippen molar-refractivity contribution in [3.63, 3.8) is 0 Å². The van der Waals surface area contributed by atoms with Gasteiger partial charge in [0.15, 0.2) is 0 Å². The lowest BCUT2D eigenvalue weighted by Gasteiger charge is -2.47. The van der Waals surface area contributed by atoms with Gasteiger partial charge < -0.3 is 19.7 Å². The number of para-hydroxylation sites is 1. The van der Waals surface area contributed by atoms with E-state index in [0.29, 0.717) is 12.1 Å². The third kappa shape index (κ3) is 4.93. The normalized spacial score (nSPS) is 22.5. The fraction of sp³-hybridized carbons (Fsp3) is 0.519. The summed E-state index contributed by atoms with van der Waals surface area (Å²) in [5.41, 5.74) is 1.96. The van der Waals surface area contributed by atoms with Gasteiger partial charge in [-0.05, 0) is 56.0 Å². The highest BCUT2D eigenvalue weighted by Gasteiger charge is 2.43. The van der Waals surface area contributed by atoms with E-state index in [9.17, 15) is 4.79 Å². The van der Waals surface area contributed by atoms with Gasteiger partial charge in [-0.2, -0.15) is 0 Å². The number of carbonyl (C=O) groups is 1. The Morgan fingerprint density at radius 2 is 1.88 bits per heavy atom. The highest BCUT2D eigenvalue weighted by molar-refractivity contribution is 6.02. The molecule has 0 spiro atoms. The number of unbranched alkanes of at least 4 members (excludes halogenated alkanes) is 4. The van der Waals surface area contributed by atoms with E-state index in [-0.39, 0.29) is 12.0 Å². The predicted molar refractivity (Wildman–Crippen MR) is 128 cm³/mol. The Bertz CT molecular complexity index is 892. The second-order valence-electron chi connectivity index (χ2n) is 9.08. The first-order chi connectivity index (χ1) is 15.6. The molecule has 1 fully saturated rings. The summed E-state index contributed by atoms with van der Waals surface area (Å²) in [6, 6.07) is 15.9. The molecule has 32 heavy (non-hydrogen) atoms. The van der Waals surface area contributed by atoms with E-state index in [0.717, 1.165) is 49.5 Å². The molecule has 2 unspecified atom stereocenters.